The predicted molar refractivity (Wildman–Crippen MR) is 103 cm³/mol. The molecule has 5 nitrogen and oxygen atoms in total. The average Bonchev–Trinajstić information content (AvgIpc) is 3.17. The van der Waals surface area contributed by atoms with E-state index in [1.807, 2.05) is 47.8 Å². The first-order valence-electron chi connectivity index (χ1n) is 7.87. The Balaban J connectivity index is 1.62. The molecule has 0 saturated carbocycles. The van der Waals surface area contributed by atoms with Gasteiger partial charge in [-0.3, -0.25) is 9.59 Å². The van der Waals surface area contributed by atoms with Crippen molar-refractivity contribution in [2.45, 2.75) is 6.92 Å². The van der Waals surface area contributed by atoms with E-state index in [1.165, 1.54) is 18.3 Å². The fourth-order valence-electron chi connectivity index (χ4n) is 2.27. The summed E-state index contributed by atoms with van der Waals surface area (Å²) < 4.78 is 5.02. The van der Waals surface area contributed by atoms with Gasteiger partial charge in [0, 0.05) is 6.92 Å². The molecule has 0 aliphatic carbocycles. The Morgan fingerprint density at radius 2 is 1.65 bits per heavy atom. The molecule has 3 aromatic rings. The molecule has 0 aliphatic heterocycles. The fraction of sp³-hybridized carbons (Fsp3) is 0.0500. The van der Waals surface area contributed by atoms with Gasteiger partial charge >= 0.3 is 5.97 Å². The fourth-order valence-corrected chi connectivity index (χ4v) is 2.88. The molecule has 0 unspecified atom stereocenters. The maximum absolute atomic E-state index is 11.8. The zero-order chi connectivity index (χ0) is 18.4. The molecule has 0 saturated heterocycles. The zero-order valence-corrected chi connectivity index (χ0v) is 14.8. The molecule has 130 valence electrons. The topological polar surface area (TPSA) is 67.8 Å². The highest BCUT2D eigenvalue weighted by molar-refractivity contribution is 7.12. The van der Waals surface area contributed by atoms with E-state index < -0.39 is 0 Å². The van der Waals surface area contributed by atoms with Crippen molar-refractivity contribution in [2.75, 3.05) is 0 Å². The van der Waals surface area contributed by atoms with Crippen LogP contribution in [-0.2, 0) is 4.79 Å². The molecule has 0 atom stereocenters. The van der Waals surface area contributed by atoms with Gasteiger partial charge in [0.2, 0.25) is 0 Å². The molecule has 1 amide bonds. The summed E-state index contributed by atoms with van der Waals surface area (Å²) in [5, 5.41) is 5.82. The summed E-state index contributed by atoms with van der Waals surface area (Å²) in [4.78, 5) is 23.3. The Morgan fingerprint density at radius 1 is 1.00 bits per heavy atom. The number of hydrogen-bond acceptors (Lipinski definition) is 5. The number of nitrogens with zero attached hydrogens (tertiary/aromatic N) is 1. The summed E-state index contributed by atoms with van der Waals surface area (Å²) in [7, 11) is 0. The van der Waals surface area contributed by atoms with E-state index in [-0.39, 0.29) is 11.9 Å². The van der Waals surface area contributed by atoms with Crippen LogP contribution in [0.2, 0.25) is 0 Å². The second-order valence-corrected chi connectivity index (χ2v) is 6.36. The number of rotatable bonds is 5. The maximum Gasteiger partial charge on any atom is 0.308 e. The third kappa shape index (κ3) is 4.64. The highest BCUT2D eigenvalue weighted by Crippen LogP contribution is 2.22. The van der Waals surface area contributed by atoms with Crippen molar-refractivity contribution in [3.63, 3.8) is 0 Å². The summed E-state index contributed by atoms with van der Waals surface area (Å²) in [5.41, 5.74) is 5.41. The first kappa shape index (κ1) is 17.6. The van der Waals surface area contributed by atoms with Crippen LogP contribution in [0.25, 0.3) is 11.1 Å². The van der Waals surface area contributed by atoms with Gasteiger partial charge in [-0.1, -0.05) is 42.5 Å². The van der Waals surface area contributed by atoms with Crippen molar-refractivity contribution in [1.29, 1.82) is 0 Å². The van der Waals surface area contributed by atoms with Crippen LogP contribution in [0.4, 0.5) is 0 Å². The van der Waals surface area contributed by atoms with Crippen LogP contribution in [0, 0.1) is 0 Å². The van der Waals surface area contributed by atoms with Gasteiger partial charge in [-0.2, -0.15) is 5.10 Å². The molecule has 6 heteroatoms. The minimum atomic E-state index is -0.340. The number of thiophene rings is 1. The lowest BCUT2D eigenvalue weighted by atomic mass is 10.0. The normalized spacial score (nSPS) is 10.7. The van der Waals surface area contributed by atoms with Gasteiger partial charge in [0.1, 0.15) is 5.75 Å². The molecule has 0 fully saturated rings. The molecular formula is C20H16N2O3S. The predicted octanol–water partition coefficient (Wildman–Crippen LogP) is 4.10. The zero-order valence-electron chi connectivity index (χ0n) is 14.0. The Kier molecular flexibility index (Phi) is 5.56. The molecule has 0 aliphatic rings. The van der Waals surface area contributed by atoms with E-state index in [0.29, 0.717) is 10.6 Å². The number of benzene rings is 2. The van der Waals surface area contributed by atoms with Crippen molar-refractivity contribution in [2.24, 2.45) is 5.10 Å². The molecule has 0 spiro atoms. The Labute approximate surface area is 154 Å². The van der Waals surface area contributed by atoms with Crippen molar-refractivity contribution in [3.8, 4) is 16.9 Å². The van der Waals surface area contributed by atoms with Crippen LogP contribution in [0.15, 0.2) is 71.1 Å². The molecule has 0 bridgehead atoms. The minimum Gasteiger partial charge on any atom is -0.427 e. The number of carbonyl (C=O) groups excluding carboxylic acids is 2. The monoisotopic (exact) mass is 364 g/mol. The summed E-state index contributed by atoms with van der Waals surface area (Å²) in [6.45, 7) is 1.37. The highest BCUT2D eigenvalue weighted by Gasteiger charge is 2.04. The lowest BCUT2D eigenvalue weighted by Gasteiger charge is -2.05. The second kappa shape index (κ2) is 8.22. The number of amides is 1. The minimum absolute atomic E-state index is 0.222. The van der Waals surface area contributed by atoms with Crippen molar-refractivity contribution in [1.82, 2.24) is 5.43 Å². The van der Waals surface area contributed by atoms with Crippen LogP contribution in [0.3, 0.4) is 0 Å². The third-order valence-corrected chi connectivity index (χ3v) is 4.35. The number of ether oxygens (including phenoxy) is 1. The lowest BCUT2D eigenvalue weighted by molar-refractivity contribution is -0.131. The SMILES string of the molecule is CC(=O)Oc1ccc(-c2ccc(/C=N/NC(=O)c3cccs3)cc2)cc1. The van der Waals surface area contributed by atoms with Crippen LogP contribution >= 0.6 is 11.3 Å². The van der Waals surface area contributed by atoms with E-state index in [2.05, 4.69) is 10.5 Å². The van der Waals surface area contributed by atoms with E-state index in [1.54, 1.807) is 24.4 Å². The summed E-state index contributed by atoms with van der Waals surface area (Å²) >= 11 is 1.37. The largest absolute Gasteiger partial charge is 0.427 e. The molecular weight excluding hydrogens is 348 g/mol. The highest BCUT2D eigenvalue weighted by atomic mass is 32.1. The van der Waals surface area contributed by atoms with Gasteiger partial charge in [-0.05, 0) is 40.3 Å². The van der Waals surface area contributed by atoms with E-state index >= 15 is 0 Å². The Morgan fingerprint density at radius 3 is 2.23 bits per heavy atom. The van der Waals surface area contributed by atoms with Crippen LogP contribution < -0.4 is 10.2 Å². The molecule has 3 rings (SSSR count). The maximum atomic E-state index is 11.8. The molecule has 2 aromatic carbocycles. The average molecular weight is 364 g/mol. The molecule has 0 radical (unpaired) electrons. The van der Waals surface area contributed by atoms with Gasteiger partial charge in [0.05, 0.1) is 11.1 Å². The van der Waals surface area contributed by atoms with Gasteiger partial charge in [-0.25, -0.2) is 5.43 Å². The Hall–Kier alpha value is -3.25. The molecule has 1 N–H and O–H groups in total. The van der Waals surface area contributed by atoms with Gasteiger partial charge in [-0.15, -0.1) is 11.3 Å². The summed E-state index contributed by atoms with van der Waals surface area (Å²) in [6, 6.07) is 18.6. The quantitative estimate of drug-likeness (QED) is 0.321. The van der Waals surface area contributed by atoms with Crippen LogP contribution in [0.1, 0.15) is 22.2 Å². The first-order chi connectivity index (χ1) is 12.6. The standard InChI is InChI=1S/C20H16N2O3S/c1-14(23)25-18-10-8-17(9-11-18)16-6-4-15(5-7-16)13-21-22-20(24)19-3-2-12-26-19/h2-13H,1H3,(H,22,24)/b21-13+. The third-order valence-electron chi connectivity index (χ3n) is 3.48. The lowest BCUT2D eigenvalue weighted by Crippen LogP contribution is -2.16. The number of nitrogens with one attached hydrogen (secondary N) is 1. The second-order valence-electron chi connectivity index (χ2n) is 5.42. The van der Waals surface area contributed by atoms with Crippen LogP contribution in [0.5, 0.6) is 5.75 Å². The number of hydrazone groups is 1. The van der Waals surface area contributed by atoms with E-state index in [0.717, 1.165) is 16.7 Å². The summed E-state index contributed by atoms with van der Waals surface area (Å²) in [5.74, 6) is -0.0419. The smallest absolute Gasteiger partial charge is 0.308 e. The van der Waals surface area contributed by atoms with E-state index in [9.17, 15) is 9.59 Å². The molecule has 1 heterocycles. The van der Waals surface area contributed by atoms with Gasteiger partial charge in [0.15, 0.2) is 0 Å². The van der Waals surface area contributed by atoms with Crippen LogP contribution in [-0.4, -0.2) is 18.1 Å². The van der Waals surface area contributed by atoms with Gasteiger partial charge < -0.3 is 4.74 Å². The van der Waals surface area contributed by atoms with Crippen molar-refractivity contribution in [3.05, 3.63) is 76.5 Å². The molecule has 1 aromatic heterocycles. The molecule has 26 heavy (non-hydrogen) atoms. The number of carbonyl (C=O) groups is 2. The number of hydrogen-bond donors (Lipinski definition) is 1. The summed E-state index contributed by atoms with van der Waals surface area (Å²) in [6.07, 6.45) is 1.60. The van der Waals surface area contributed by atoms with E-state index in [4.69, 9.17) is 4.74 Å². The Bertz CT molecular complexity index is 915. The van der Waals surface area contributed by atoms with Gasteiger partial charge in [0.25, 0.3) is 5.91 Å². The number of esters is 1. The van der Waals surface area contributed by atoms with Crippen molar-refractivity contribution >= 4 is 29.4 Å². The van der Waals surface area contributed by atoms with Crippen molar-refractivity contribution < 1.29 is 14.3 Å². The first-order valence-corrected chi connectivity index (χ1v) is 8.75.